The third-order valence-corrected chi connectivity index (χ3v) is 6.13. The zero-order chi connectivity index (χ0) is 27.9. The van der Waals surface area contributed by atoms with E-state index in [1.165, 1.54) is 0 Å². The number of methoxy groups -OCH3 is 2. The maximum absolute atomic E-state index is 13.2. The maximum Gasteiger partial charge on any atom is 0.311 e. The summed E-state index contributed by atoms with van der Waals surface area (Å²) in [5, 5.41) is 0.335. The van der Waals surface area contributed by atoms with Crippen LogP contribution in [0.3, 0.4) is 0 Å². The molecule has 0 N–H and O–H groups in total. The Labute approximate surface area is 238 Å². The van der Waals surface area contributed by atoms with Gasteiger partial charge in [-0.2, -0.15) is 0 Å². The Hall–Kier alpha value is -2.85. The molecule has 0 saturated heterocycles. The summed E-state index contributed by atoms with van der Waals surface area (Å²) in [6, 6.07) is 20.6. The van der Waals surface area contributed by atoms with Crippen LogP contribution < -0.4 is 9.47 Å². The number of rotatable bonds is 17. The van der Waals surface area contributed by atoms with Crippen LogP contribution in [0, 0.1) is 0 Å². The van der Waals surface area contributed by atoms with Crippen molar-refractivity contribution in [2.45, 2.75) is 12.5 Å². The lowest BCUT2D eigenvalue weighted by molar-refractivity contribution is -0.146. The van der Waals surface area contributed by atoms with Crippen molar-refractivity contribution in [3.05, 3.63) is 93.5 Å². The second-order valence-corrected chi connectivity index (χ2v) is 8.97. The molecule has 0 saturated carbocycles. The lowest BCUT2D eigenvalue weighted by Crippen LogP contribution is -2.16. The highest BCUT2D eigenvalue weighted by Crippen LogP contribution is 2.44. The SMILES string of the molecule is COCCOCOc1c(Cl)cc(CC(=O)OC(c2ccccc2)c2ccccc2)c(Cl)c1OCOCCOC. The minimum atomic E-state index is -0.592. The lowest BCUT2D eigenvalue weighted by atomic mass is 10.0. The van der Waals surface area contributed by atoms with Crippen LogP contribution in [-0.4, -0.2) is 60.2 Å². The summed E-state index contributed by atoms with van der Waals surface area (Å²) in [6.07, 6.45) is -0.744. The number of halogens is 2. The summed E-state index contributed by atoms with van der Waals surface area (Å²) in [4.78, 5) is 13.2. The summed E-state index contributed by atoms with van der Waals surface area (Å²) in [7, 11) is 3.14. The van der Waals surface area contributed by atoms with Gasteiger partial charge in [0.25, 0.3) is 0 Å². The Morgan fingerprint density at radius 1 is 0.744 bits per heavy atom. The molecule has 0 aliphatic carbocycles. The largest absolute Gasteiger partial charge is 0.462 e. The molecule has 0 aliphatic heterocycles. The van der Waals surface area contributed by atoms with Crippen molar-refractivity contribution < 1.29 is 38.0 Å². The normalized spacial score (nSPS) is 11.0. The molecule has 0 amide bonds. The molecule has 39 heavy (non-hydrogen) atoms. The van der Waals surface area contributed by atoms with Crippen molar-refractivity contribution in [3.63, 3.8) is 0 Å². The number of ether oxygens (including phenoxy) is 7. The molecule has 3 aromatic rings. The Kier molecular flexibility index (Phi) is 13.4. The van der Waals surface area contributed by atoms with Gasteiger partial charge in [0.1, 0.15) is 0 Å². The lowest BCUT2D eigenvalue weighted by Gasteiger charge is -2.20. The van der Waals surface area contributed by atoms with Crippen molar-refractivity contribution in [2.75, 3.05) is 54.2 Å². The van der Waals surface area contributed by atoms with Crippen LogP contribution in [0.2, 0.25) is 10.0 Å². The van der Waals surface area contributed by atoms with Crippen LogP contribution in [0.25, 0.3) is 0 Å². The summed E-state index contributed by atoms with van der Waals surface area (Å²) in [6.45, 7) is 1.18. The summed E-state index contributed by atoms with van der Waals surface area (Å²) >= 11 is 13.2. The Morgan fingerprint density at radius 3 is 1.77 bits per heavy atom. The zero-order valence-electron chi connectivity index (χ0n) is 21.9. The molecule has 0 aromatic heterocycles. The quantitative estimate of drug-likeness (QED) is 0.112. The molecule has 0 bridgehead atoms. The first-order chi connectivity index (χ1) is 19.0. The molecule has 0 unspecified atom stereocenters. The number of carbonyl (C=O) groups is 1. The van der Waals surface area contributed by atoms with Gasteiger partial charge in [0.05, 0.1) is 42.9 Å². The van der Waals surface area contributed by atoms with E-state index in [9.17, 15) is 4.79 Å². The number of hydrogen-bond donors (Lipinski definition) is 0. The molecule has 0 radical (unpaired) electrons. The summed E-state index contributed by atoms with van der Waals surface area (Å²) in [5.74, 6) is -0.204. The Bertz CT molecular complexity index is 1110. The van der Waals surface area contributed by atoms with Gasteiger partial charge in [-0.25, -0.2) is 0 Å². The van der Waals surface area contributed by atoms with Gasteiger partial charge in [0.2, 0.25) is 0 Å². The number of benzene rings is 3. The van der Waals surface area contributed by atoms with Crippen molar-refractivity contribution in [1.29, 1.82) is 0 Å². The summed E-state index contributed by atoms with van der Waals surface area (Å²) in [5.41, 5.74) is 2.09. The second kappa shape index (κ2) is 17.0. The predicted molar refractivity (Wildman–Crippen MR) is 148 cm³/mol. The van der Waals surface area contributed by atoms with E-state index in [1.54, 1.807) is 20.3 Å². The van der Waals surface area contributed by atoms with Crippen molar-refractivity contribution in [3.8, 4) is 11.5 Å². The Balaban J connectivity index is 1.80. The molecule has 0 spiro atoms. The molecule has 0 fully saturated rings. The monoisotopic (exact) mass is 578 g/mol. The van der Waals surface area contributed by atoms with Crippen LogP contribution in [0.5, 0.6) is 11.5 Å². The van der Waals surface area contributed by atoms with E-state index in [-0.39, 0.29) is 41.6 Å². The van der Waals surface area contributed by atoms with Crippen molar-refractivity contribution >= 4 is 29.2 Å². The van der Waals surface area contributed by atoms with Gasteiger partial charge in [-0.05, 0) is 22.8 Å². The average molecular weight is 579 g/mol. The smallest absolute Gasteiger partial charge is 0.311 e. The third kappa shape index (κ3) is 9.69. The van der Waals surface area contributed by atoms with Crippen LogP contribution in [-0.2, 0) is 34.9 Å². The zero-order valence-corrected chi connectivity index (χ0v) is 23.4. The average Bonchev–Trinajstić information content (AvgIpc) is 2.95. The van der Waals surface area contributed by atoms with E-state index < -0.39 is 12.1 Å². The molecular formula is C29H32Cl2O8. The van der Waals surface area contributed by atoms with E-state index in [0.717, 1.165) is 11.1 Å². The van der Waals surface area contributed by atoms with Crippen LogP contribution in [0.1, 0.15) is 22.8 Å². The minimum absolute atomic E-state index is 0.114. The molecule has 3 rings (SSSR count). The molecule has 10 heteroatoms. The maximum atomic E-state index is 13.2. The molecule has 0 heterocycles. The second-order valence-electron chi connectivity index (χ2n) is 8.18. The Morgan fingerprint density at radius 2 is 1.26 bits per heavy atom. The van der Waals surface area contributed by atoms with Gasteiger partial charge in [-0.1, -0.05) is 83.9 Å². The van der Waals surface area contributed by atoms with Crippen LogP contribution in [0.15, 0.2) is 66.7 Å². The summed E-state index contributed by atoms with van der Waals surface area (Å²) < 4.78 is 38.1. The van der Waals surface area contributed by atoms with E-state index >= 15 is 0 Å². The first-order valence-corrected chi connectivity index (χ1v) is 13.0. The molecule has 3 aromatic carbocycles. The molecule has 210 valence electrons. The first-order valence-electron chi connectivity index (χ1n) is 12.2. The highest BCUT2D eigenvalue weighted by Gasteiger charge is 2.24. The highest BCUT2D eigenvalue weighted by atomic mass is 35.5. The van der Waals surface area contributed by atoms with E-state index in [4.69, 9.17) is 56.4 Å². The van der Waals surface area contributed by atoms with Crippen LogP contribution in [0.4, 0.5) is 0 Å². The number of esters is 1. The van der Waals surface area contributed by atoms with Gasteiger partial charge in [0, 0.05) is 14.2 Å². The molecule has 0 aliphatic rings. The van der Waals surface area contributed by atoms with E-state index in [2.05, 4.69) is 0 Å². The van der Waals surface area contributed by atoms with Gasteiger partial charge >= 0.3 is 5.97 Å². The standard InChI is InChI=1S/C29H32Cl2O8/c1-33-13-15-35-19-37-28-24(30)17-23(26(31)29(28)38-20-36-16-14-34-2)18-25(32)39-27(21-9-5-3-6-10-21)22-11-7-4-8-12-22/h3-12,17,27H,13-16,18-20H2,1-2H3. The fourth-order valence-corrected chi connectivity index (χ4v) is 4.08. The van der Waals surface area contributed by atoms with E-state index in [1.807, 2.05) is 60.7 Å². The first kappa shape index (κ1) is 30.7. The predicted octanol–water partition coefficient (Wildman–Crippen LogP) is 5.87. The fourth-order valence-electron chi connectivity index (χ4n) is 3.54. The minimum Gasteiger partial charge on any atom is -0.462 e. The van der Waals surface area contributed by atoms with Gasteiger partial charge in [-0.15, -0.1) is 0 Å². The fraction of sp³-hybridized carbons (Fsp3) is 0.345. The highest BCUT2D eigenvalue weighted by molar-refractivity contribution is 6.36. The molecular weight excluding hydrogens is 547 g/mol. The van der Waals surface area contributed by atoms with Gasteiger partial charge < -0.3 is 33.2 Å². The topological polar surface area (TPSA) is 81.7 Å². The number of hydrogen-bond acceptors (Lipinski definition) is 8. The van der Waals surface area contributed by atoms with Gasteiger partial charge in [0.15, 0.2) is 31.2 Å². The number of carbonyl (C=O) groups excluding carboxylic acids is 1. The van der Waals surface area contributed by atoms with Crippen molar-refractivity contribution in [2.24, 2.45) is 0 Å². The van der Waals surface area contributed by atoms with Crippen molar-refractivity contribution in [1.82, 2.24) is 0 Å². The van der Waals surface area contributed by atoms with E-state index in [0.29, 0.717) is 32.0 Å². The van der Waals surface area contributed by atoms with Gasteiger partial charge in [-0.3, -0.25) is 4.79 Å². The molecule has 8 nitrogen and oxygen atoms in total. The third-order valence-electron chi connectivity index (χ3n) is 5.43. The molecule has 0 atom stereocenters. The van der Waals surface area contributed by atoms with Crippen LogP contribution >= 0.6 is 23.2 Å².